The van der Waals surface area contributed by atoms with Crippen LogP contribution in [0.3, 0.4) is 0 Å². The number of ether oxygens (including phenoxy) is 6. The van der Waals surface area contributed by atoms with Gasteiger partial charge in [0.2, 0.25) is 0 Å². The molecule has 1 atom stereocenters. The number of amides is 2. The normalized spacial score (nSPS) is 15.8. The number of piperidine rings is 5. The highest BCUT2D eigenvalue weighted by Gasteiger charge is 2.41. The van der Waals surface area contributed by atoms with Crippen molar-refractivity contribution >= 4 is 138 Å². The highest BCUT2D eigenvalue weighted by Crippen LogP contribution is 2.50. The van der Waals surface area contributed by atoms with Gasteiger partial charge in [0.05, 0.1) is 61.7 Å². The van der Waals surface area contributed by atoms with Gasteiger partial charge in [0.1, 0.15) is 28.6 Å². The molecule has 5 heterocycles. The number of hydrogen-bond donors (Lipinski definition) is 3. The molecule has 5 fully saturated rings. The molecule has 113 heavy (non-hydrogen) atoms. The van der Waals surface area contributed by atoms with Crippen LogP contribution in [0.2, 0.25) is 13.6 Å². The van der Waals surface area contributed by atoms with E-state index in [1.54, 1.807) is 105 Å². The van der Waals surface area contributed by atoms with Crippen molar-refractivity contribution in [2.75, 3.05) is 129 Å². The van der Waals surface area contributed by atoms with Crippen molar-refractivity contribution in [3.63, 3.8) is 0 Å². The Hall–Kier alpha value is -6.12. The smallest absolute Gasteiger partial charge is 0.410 e. The Morgan fingerprint density at radius 3 is 1.13 bits per heavy atom. The lowest BCUT2D eigenvalue weighted by molar-refractivity contribution is -0.121. The van der Waals surface area contributed by atoms with E-state index in [1.807, 2.05) is 87.6 Å². The number of alkyl halides is 3. The van der Waals surface area contributed by atoms with Crippen LogP contribution in [0, 0.1) is 0 Å². The number of esters is 4. The molecule has 0 saturated carbocycles. The van der Waals surface area contributed by atoms with Gasteiger partial charge < -0.3 is 85.8 Å². The van der Waals surface area contributed by atoms with Crippen LogP contribution in [0.1, 0.15) is 174 Å². The van der Waals surface area contributed by atoms with E-state index in [9.17, 15) is 47.7 Å². The van der Waals surface area contributed by atoms with E-state index in [4.69, 9.17) is 38.0 Å². The lowest BCUT2D eigenvalue weighted by Gasteiger charge is -2.41. The fraction of sp³-hybridized carbons (Fsp3) is 0.551. The minimum Gasteiger partial charge on any atom is -0.465 e. The molecule has 4 aromatic rings. The molecule has 9 rings (SSSR count). The van der Waals surface area contributed by atoms with Gasteiger partial charge in [-0.1, -0.05) is 108 Å². The third-order valence-corrected chi connectivity index (χ3v) is 24.0. The number of carbonyl (C=O) groups is 9. The first kappa shape index (κ1) is 103. The first-order valence-corrected chi connectivity index (χ1v) is 42.4. The van der Waals surface area contributed by atoms with Crippen LogP contribution in [0.15, 0.2) is 103 Å². The summed E-state index contributed by atoms with van der Waals surface area (Å²) in [5.41, 5.74) is 6.46. The highest BCUT2D eigenvalue weighted by atomic mass is 79.9. The minimum atomic E-state index is -3.06. The summed E-state index contributed by atoms with van der Waals surface area (Å²) in [6, 6.07) is 28.6. The largest absolute Gasteiger partial charge is 0.465 e. The number of ketones is 3. The second-order valence-corrected chi connectivity index (χ2v) is 34.8. The van der Waals surface area contributed by atoms with Crippen LogP contribution in [-0.2, 0) is 81.5 Å². The number of nitrogens with one attached hydrogen (secondary N) is 1. The van der Waals surface area contributed by atoms with Crippen molar-refractivity contribution < 1.29 is 109 Å². The summed E-state index contributed by atoms with van der Waals surface area (Å²) < 4.78 is 64.8. The van der Waals surface area contributed by atoms with Crippen LogP contribution >= 0.6 is 64.0 Å². The number of carbonyl (C=O) groups excluding carboxylic acids is 9. The first-order valence-electron chi connectivity index (χ1n) is 36.8. The first-order chi connectivity index (χ1) is 53.3. The molecule has 0 bridgehead atoms. The summed E-state index contributed by atoms with van der Waals surface area (Å²) in [6.07, 6.45) is 8.91. The topological polar surface area (TPSA) is 338 Å². The molecular weight excluding hydrogens is 1700 g/mol. The maximum atomic E-state index is 12.2. The van der Waals surface area contributed by atoms with Crippen LogP contribution in [0.5, 0.6) is 0 Å². The fourth-order valence-corrected chi connectivity index (χ4v) is 14.0. The van der Waals surface area contributed by atoms with Crippen LogP contribution in [0.4, 0.5) is 9.59 Å². The lowest BCUT2D eigenvalue weighted by Crippen LogP contribution is -2.47. The zero-order valence-corrected chi connectivity index (χ0v) is 74.9. The number of nitrogens with zero attached hydrogens (tertiary/aromatic N) is 4. The average Bonchev–Trinajstić information content (AvgIpc) is 0.795. The predicted octanol–water partition coefficient (Wildman–Crippen LogP) is 14.4. The van der Waals surface area contributed by atoms with Gasteiger partial charge >= 0.3 is 66.4 Å². The SMILES string of the molecule is CB(O)N1CCC(=O)CC1.CB(O)N1CCC(=O)CC1.COC(=O)c1ccc(C(Br)C2(Br)CCN(C(=O)OC(C)(C)C)CC2)cc1.COC(=O)c1ccc(C=C2CCN(C(=O)OC(C)(C)C)CC2)cc1.COC(=O)c1ccc(CBr)cc1.COC(=O)c1ccc(CP(=O)(OC)OC)cc1.COP(OC)OC.O=C1CCNCC1. The summed E-state index contributed by atoms with van der Waals surface area (Å²) in [6.45, 7) is 21.9. The molecule has 0 aliphatic carbocycles. The fourth-order valence-electron chi connectivity index (χ4n) is 10.7. The molecule has 628 valence electrons. The second-order valence-electron chi connectivity index (χ2n) is 28.0. The molecule has 0 spiro atoms. The number of halogens is 3. The van der Waals surface area contributed by atoms with Gasteiger partial charge in [0, 0.05) is 123 Å². The third kappa shape index (κ3) is 41.0. The second kappa shape index (κ2) is 54.0. The molecule has 5 aliphatic rings. The molecule has 0 radical (unpaired) electrons. The Morgan fingerprint density at radius 2 is 0.841 bits per heavy atom. The number of rotatable bonds is 17. The molecule has 35 heteroatoms. The maximum absolute atomic E-state index is 12.2. The van der Waals surface area contributed by atoms with Crippen LogP contribution < -0.4 is 5.32 Å². The molecule has 2 amide bonds. The molecule has 3 N–H and O–H groups in total. The Bertz CT molecular complexity index is 3560. The summed E-state index contributed by atoms with van der Waals surface area (Å²) in [5, 5.41) is 22.1. The van der Waals surface area contributed by atoms with Crippen molar-refractivity contribution in [3.05, 3.63) is 147 Å². The van der Waals surface area contributed by atoms with E-state index in [0.29, 0.717) is 91.5 Å². The Balaban J connectivity index is 0.000000458. The van der Waals surface area contributed by atoms with Crippen LogP contribution in [0.25, 0.3) is 6.08 Å². The van der Waals surface area contributed by atoms with Crippen molar-refractivity contribution in [3.8, 4) is 0 Å². The van der Waals surface area contributed by atoms with E-state index >= 15 is 0 Å². The van der Waals surface area contributed by atoms with Gasteiger partial charge in [-0.3, -0.25) is 18.9 Å². The molecule has 4 aromatic carbocycles. The van der Waals surface area contributed by atoms with E-state index in [-0.39, 0.29) is 45.4 Å². The van der Waals surface area contributed by atoms with E-state index < -0.39 is 47.5 Å². The van der Waals surface area contributed by atoms with Gasteiger partial charge in [-0.15, -0.1) is 0 Å². The monoisotopic (exact) mass is 1810 g/mol. The van der Waals surface area contributed by atoms with Gasteiger partial charge in [0.25, 0.3) is 0 Å². The number of hydrogen-bond acceptors (Lipinski definition) is 26. The molecule has 28 nitrogen and oxygen atoms in total. The standard InChI is InChI=1S/C19H25Br2NO4.C19H25NO4.C11H15O5P.C9H9BrO2.2C6H12BNO2.C5H9NO.C3H9O3P/c1-18(2,3)26-17(24)22-11-9-19(21,10-12-22)15(20)13-5-7-14(8-6-13)16(23)25-4;1-19(2,3)24-18(22)20-11-9-15(10-12-20)13-14-5-7-16(8-6-14)17(21)23-4;1-14-11(12)10-6-4-9(5-7-10)8-17(13,15-2)16-3;1-12-9(11)8-4-2-7(6-10)3-5-8;2*1-7(10)8-4-2-6(9)3-5-8;7-5-1-3-6-4-2-5;1-4-7(5-2)6-3/h5-8,15H,9-12H2,1-4H3;5-8,13H,9-12H2,1-4H3;4-7H,8H2,1-3H3;2-5H,6H2,1H3;2*10H,2-5H2,1H3;6H,1-4H2;1-3H3. The molecule has 1 unspecified atom stereocenters. The third-order valence-electron chi connectivity index (χ3n) is 17.3. The highest BCUT2D eigenvalue weighted by molar-refractivity contribution is 9.12. The number of methoxy groups -OCH3 is 4. The van der Waals surface area contributed by atoms with E-state index in [1.165, 1.54) is 48.2 Å². The Labute approximate surface area is 694 Å². The molecule has 0 aromatic heterocycles. The minimum absolute atomic E-state index is 0.0579. The Kier molecular flexibility index (Phi) is 49.2. The molecule has 5 saturated heterocycles. The average molecular weight is 1820 g/mol. The zero-order valence-electron chi connectivity index (χ0n) is 68.4. The molecule has 5 aliphatic heterocycles. The maximum Gasteiger partial charge on any atom is 0.410 e. The quantitative estimate of drug-likeness (QED) is 0.0291. The van der Waals surface area contributed by atoms with Gasteiger partial charge in [-0.25, -0.2) is 28.8 Å². The van der Waals surface area contributed by atoms with E-state index in [2.05, 4.69) is 82.2 Å². The summed E-state index contributed by atoms with van der Waals surface area (Å²) in [5.74, 6) is -0.344. The summed E-state index contributed by atoms with van der Waals surface area (Å²) in [7, 11) is 7.83. The van der Waals surface area contributed by atoms with Crippen LogP contribution in [-0.4, -0.2) is 242 Å². The number of likely N-dealkylation sites (tertiary alicyclic amines) is 2. The summed E-state index contributed by atoms with van der Waals surface area (Å²) in [4.78, 5) is 109. The Morgan fingerprint density at radius 1 is 0.513 bits per heavy atom. The van der Waals surface area contributed by atoms with Gasteiger partial charge in [0.15, 0.2) is 0 Å². The van der Waals surface area contributed by atoms with Gasteiger partial charge in [-0.2, -0.15) is 0 Å². The number of benzene rings is 4. The lowest BCUT2D eigenvalue weighted by atomic mass is 9.83. The van der Waals surface area contributed by atoms with Gasteiger partial charge in [-0.05, 0) is 178 Å². The zero-order chi connectivity index (χ0) is 85.1. The van der Waals surface area contributed by atoms with Crippen molar-refractivity contribution in [1.82, 2.24) is 24.7 Å². The predicted molar refractivity (Wildman–Crippen MR) is 449 cm³/mol. The molecular formula is C78H116B2Br3N5O23P2. The van der Waals surface area contributed by atoms with Crippen molar-refractivity contribution in [1.29, 1.82) is 0 Å². The van der Waals surface area contributed by atoms with Crippen molar-refractivity contribution in [2.45, 2.75) is 151 Å². The van der Waals surface area contributed by atoms with E-state index in [0.717, 1.165) is 105 Å². The van der Waals surface area contributed by atoms with Crippen molar-refractivity contribution in [2.24, 2.45) is 0 Å². The summed E-state index contributed by atoms with van der Waals surface area (Å²) >= 11 is 11.0. The number of Topliss-reactive ketones (excluding diaryl/α,β-unsaturated/α-hetero) is 3.